The van der Waals surface area contributed by atoms with E-state index in [1.165, 1.54) is 43.7 Å². The number of aromatic nitrogens is 4. The molecule has 0 bridgehead atoms. The molecule has 5 nitrogen and oxygen atoms in total. The van der Waals surface area contributed by atoms with E-state index in [1.54, 1.807) is 0 Å². The Labute approximate surface area is 325 Å². The van der Waals surface area contributed by atoms with Crippen LogP contribution in [0.4, 0.5) is 0 Å². The number of benzene rings is 4. The minimum atomic E-state index is -0.175. The Hall–Kier alpha value is -6.59. The third-order valence-corrected chi connectivity index (χ3v) is 11.8. The van der Waals surface area contributed by atoms with Gasteiger partial charge >= 0.3 is 0 Å². The van der Waals surface area contributed by atoms with E-state index in [-0.39, 0.29) is 5.92 Å². The number of furan rings is 1. The highest BCUT2D eigenvalue weighted by atomic mass is 16.3. The van der Waals surface area contributed by atoms with Gasteiger partial charge in [0.25, 0.3) is 0 Å². The summed E-state index contributed by atoms with van der Waals surface area (Å²) in [6.45, 7) is 0. The van der Waals surface area contributed by atoms with E-state index in [2.05, 4.69) is 150 Å². The smallest absolute Gasteiger partial charge is 0.163 e. The molecule has 5 heteroatoms. The van der Waals surface area contributed by atoms with Crippen molar-refractivity contribution in [2.45, 2.75) is 50.9 Å². The molecule has 0 saturated carbocycles. The highest BCUT2D eigenvalue weighted by Crippen LogP contribution is 2.44. The van der Waals surface area contributed by atoms with Gasteiger partial charge in [-0.25, -0.2) is 15.0 Å². The Morgan fingerprint density at radius 3 is 2.30 bits per heavy atom. The zero-order valence-corrected chi connectivity index (χ0v) is 31.2. The minimum Gasteiger partial charge on any atom is -0.456 e. The quantitative estimate of drug-likeness (QED) is 0.171. The van der Waals surface area contributed by atoms with Gasteiger partial charge in [-0.1, -0.05) is 127 Å². The lowest BCUT2D eigenvalue weighted by Crippen LogP contribution is -2.32. The van der Waals surface area contributed by atoms with Gasteiger partial charge in [-0.15, -0.1) is 0 Å². The molecule has 0 aliphatic heterocycles. The van der Waals surface area contributed by atoms with Crippen molar-refractivity contribution in [1.82, 2.24) is 19.5 Å². The molecule has 0 radical (unpaired) electrons. The molecule has 270 valence electrons. The van der Waals surface area contributed by atoms with Crippen LogP contribution in [0.5, 0.6) is 0 Å². The Morgan fingerprint density at radius 2 is 1.43 bits per heavy atom. The lowest BCUT2D eigenvalue weighted by Gasteiger charge is -2.28. The van der Waals surface area contributed by atoms with Gasteiger partial charge in [-0.2, -0.15) is 0 Å². The SMILES string of the molecule is C1=CCCC(c2nc(-c3ccccc3)nc(C3CC(c4ccccc4C4=CCCC=C4)=CC=C3n3c4c(c5ccc6oc7ccccc7c6c53)=CCCC=4)n2)=C1. The van der Waals surface area contributed by atoms with E-state index in [0.717, 1.165) is 95.4 Å². The first-order valence-electron chi connectivity index (χ1n) is 20.0. The Morgan fingerprint density at radius 1 is 0.607 bits per heavy atom. The third kappa shape index (κ3) is 5.49. The molecule has 56 heavy (non-hydrogen) atoms. The third-order valence-electron chi connectivity index (χ3n) is 11.8. The molecule has 4 aliphatic carbocycles. The lowest BCUT2D eigenvalue weighted by atomic mass is 9.83. The van der Waals surface area contributed by atoms with Crippen LogP contribution in [0.2, 0.25) is 0 Å². The molecule has 0 saturated heterocycles. The topological polar surface area (TPSA) is 56.7 Å². The van der Waals surface area contributed by atoms with Crippen molar-refractivity contribution >= 4 is 67.4 Å². The van der Waals surface area contributed by atoms with Crippen molar-refractivity contribution in [2.75, 3.05) is 0 Å². The molecule has 3 aromatic heterocycles. The molecule has 1 unspecified atom stereocenters. The largest absolute Gasteiger partial charge is 0.456 e. The van der Waals surface area contributed by atoms with E-state index in [9.17, 15) is 0 Å². The second-order valence-corrected chi connectivity index (χ2v) is 15.1. The fourth-order valence-electron chi connectivity index (χ4n) is 9.13. The molecule has 0 amide bonds. The Bertz CT molecular complexity index is 3060. The van der Waals surface area contributed by atoms with Crippen LogP contribution in [0, 0.1) is 0 Å². The molecule has 0 N–H and O–H groups in total. The molecule has 0 fully saturated rings. The van der Waals surface area contributed by atoms with Crippen LogP contribution in [0.15, 0.2) is 144 Å². The van der Waals surface area contributed by atoms with Gasteiger partial charge in [-0.05, 0) is 97.1 Å². The second-order valence-electron chi connectivity index (χ2n) is 15.1. The Balaban J connectivity index is 1.20. The van der Waals surface area contributed by atoms with Gasteiger partial charge in [0, 0.05) is 32.6 Å². The summed E-state index contributed by atoms with van der Waals surface area (Å²) in [6.07, 6.45) is 29.8. The zero-order chi connectivity index (χ0) is 37.0. The normalized spacial score (nSPS) is 17.9. The molecular weight excluding hydrogens is 685 g/mol. The maximum Gasteiger partial charge on any atom is 0.163 e. The van der Waals surface area contributed by atoms with Crippen LogP contribution >= 0.6 is 0 Å². The Kier molecular flexibility index (Phi) is 7.97. The standard InChI is InChI=1S/C51H40N4O/c1-4-16-33(17-5-1)37-22-10-11-23-38(37)36-28-30-44(42(32-36)51-53-49(34-18-6-2-7-19-34)52-50(54-51)35-20-8-3-9-21-35)55-43-26-14-12-24-39(43)40-29-31-46-47(48(40)55)41-25-13-15-27-45(41)56-46/h2-4,6-8,10-11,13,15-20,22-31,42H,1,5,9,12,14,21,32H2. The van der Waals surface area contributed by atoms with E-state index in [0.29, 0.717) is 5.82 Å². The van der Waals surface area contributed by atoms with Gasteiger partial charge in [0.15, 0.2) is 11.6 Å². The maximum atomic E-state index is 6.52. The molecule has 4 aromatic carbocycles. The molecule has 4 aliphatic rings. The zero-order valence-electron chi connectivity index (χ0n) is 31.2. The lowest BCUT2D eigenvalue weighted by molar-refractivity contribution is 0.669. The van der Waals surface area contributed by atoms with Crippen molar-refractivity contribution in [3.63, 3.8) is 0 Å². The van der Waals surface area contributed by atoms with E-state index < -0.39 is 0 Å². The van der Waals surface area contributed by atoms with Crippen molar-refractivity contribution in [3.8, 4) is 11.4 Å². The molecule has 0 spiro atoms. The summed E-state index contributed by atoms with van der Waals surface area (Å²) in [6, 6.07) is 32.1. The summed E-state index contributed by atoms with van der Waals surface area (Å²) < 4.78 is 9.04. The first-order chi connectivity index (χ1) is 27.8. The average Bonchev–Trinajstić information content (AvgIpc) is 3.83. The summed E-state index contributed by atoms with van der Waals surface area (Å²) in [5.74, 6) is 2.08. The fraction of sp³-hybridized carbons (Fsp3) is 0.157. The van der Waals surface area contributed by atoms with Gasteiger partial charge in [0.2, 0.25) is 0 Å². The summed E-state index contributed by atoms with van der Waals surface area (Å²) >= 11 is 0. The van der Waals surface area contributed by atoms with Crippen LogP contribution in [0.3, 0.4) is 0 Å². The predicted molar refractivity (Wildman–Crippen MR) is 231 cm³/mol. The molecule has 3 heterocycles. The minimum absolute atomic E-state index is 0.175. The van der Waals surface area contributed by atoms with Crippen molar-refractivity contribution in [3.05, 3.63) is 173 Å². The van der Waals surface area contributed by atoms with Gasteiger partial charge in [-0.3, -0.25) is 0 Å². The first-order valence-corrected chi connectivity index (χ1v) is 20.0. The number of hydrogen-bond acceptors (Lipinski definition) is 4. The number of allylic oxidation sites excluding steroid dienone is 12. The summed E-state index contributed by atoms with van der Waals surface area (Å²) in [4.78, 5) is 16.0. The monoisotopic (exact) mass is 724 g/mol. The average molecular weight is 725 g/mol. The highest BCUT2D eigenvalue weighted by molar-refractivity contribution is 6.18. The summed E-state index contributed by atoms with van der Waals surface area (Å²) in [7, 11) is 0. The van der Waals surface area contributed by atoms with Crippen LogP contribution < -0.4 is 10.6 Å². The number of hydrogen-bond donors (Lipinski definition) is 0. The predicted octanol–water partition coefficient (Wildman–Crippen LogP) is 11.3. The molecule has 1 atom stereocenters. The summed E-state index contributed by atoms with van der Waals surface area (Å²) in [5.41, 5.74) is 11.3. The number of rotatable bonds is 6. The fourth-order valence-corrected chi connectivity index (χ4v) is 9.13. The van der Waals surface area contributed by atoms with Gasteiger partial charge in [0.05, 0.1) is 16.8 Å². The van der Waals surface area contributed by atoms with Crippen LogP contribution in [0.25, 0.3) is 78.8 Å². The molecular formula is C51H40N4O. The van der Waals surface area contributed by atoms with Crippen molar-refractivity contribution < 1.29 is 4.42 Å². The van der Waals surface area contributed by atoms with Crippen LogP contribution in [-0.2, 0) is 0 Å². The van der Waals surface area contributed by atoms with E-state index >= 15 is 0 Å². The first kappa shape index (κ1) is 32.8. The number of fused-ring (bicyclic) bond motifs is 7. The van der Waals surface area contributed by atoms with Gasteiger partial charge in [0.1, 0.15) is 17.0 Å². The molecule has 7 aromatic rings. The van der Waals surface area contributed by atoms with E-state index in [4.69, 9.17) is 19.4 Å². The summed E-state index contributed by atoms with van der Waals surface area (Å²) in [5, 5.41) is 6.03. The maximum absolute atomic E-state index is 6.52. The highest BCUT2D eigenvalue weighted by Gasteiger charge is 2.31. The van der Waals surface area contributed by atoms with E-state index in [1.807, 2.05) is 6.07 Å². The molecule has 11 rings (SSSR count). The van der Waals surface area contributed by atoms with Crippen LogP contribution in [-0.4, -0.2) is 19.5 Å². The van der Waals surface area contributed by atoms with Crippen molar-refractivity contribution in [2.24, 2.45) is 0 Å². The second kappa shape index (κ2) is 13.6. The van der Waals surface area contributed by atoms with Gasteiger partial charge < -0.3 is 8.98 Å². The van der Waals surface area contributed by atoms with Crippen molar-refractivity contribution in [1.29, 1.82) is 0 Å². The number of para-hydroxylation sites is 1. The van der Waals surface area contributed by atoms with Crippen LogP contribution in [0.1, 0.15) is 73.6 Å². The number of nitrogens with zero attached hydrogens (tertiary/aromatic N) is 4.